The van der Waals surface area contributed by atoms with Crippen molar-refractivity contribution in [2.24, 2.45) is 11.7 Å². The van der Waals surface area contributed by atoms with Crippen LogP contribution in [0, 0.1) is 5.92 Å². The number of nitrogens with one attached hydrogen (secondary N) is 2. The van der Waals surface area contributed by atoms with Crippen molar-refractivity contribution in [3.8, 4) is 0 Å². The smallest absolute Gasteiger partial charge is 0.242 e. The summed E-state index contributed by atoms with van der Waals surface area (Å²) in [5.41, 5.74) is 6.94. The third-order valence-electron chi connectivity index (χ3n) is 4.18. The molecule has 1 aromatic carbocycles. The minimum absolute atomic E-state index is 0. The van der Waals surface area contributed by atoms with Gasteiger partial charge in [0.25, 0.3) is 0 Å². The van der Waals surface area contributed by atoms with E-state index >= 15 is 0 Å². The highest BCUT2D eigenvalue weighted by molar-refractivity contribution is 5.88. The molecular weight excluding hydrogens is 326 g/mol. The Labute approximate surface area is 150 Å². The summed E-state index contributed by atoms with van der Waals surface area (Å²) in [4.78, 5) is 24.4. The average Bonchev–Trinajstić information content (AvgIpc) is 3.37. The molecule has 0 saturated heterocycles. The van der Waals surface area contributed by atoms with Crippen LogP contribution in [0.1, 0.15) is 38.2 Å². The van der Waals surface area contributed by atoms with Gasteiger partial charge in [-0.15, -0.1) is 12.4 Å². The summed E-state index contributed by atoms with van der Waals surface area (Å²) in [6.07, 6.45) is 4.06. The maximum absolute atomic E-state index is 12.3. The van der Waals surface area contributed by atoms with E-state index in [9.17, 15) is 9.59 Å². The van der Waals surface area contributed by atoms with Crippen LogP contribution in [0.15, 0.2) is 30.3 Å². The lowest BCUT2D eigenvalue weighted by Gasteiger charge is -2.19. The Hall–Kier alpha value is -1.59. The number of carbonyl (C=O) groups excluding carboxylic acids is 2. The SMILES string of the molecule is CCCC(NC(=O)Cc1ccccc1)C(=O)NCC(N)C1CC1.Cl. The molecule has 0 aromatic heterocycles. The second-order valence-corrected chi connectivity index (χ2v) is 6.32. The molecule has 0 radical (unpaired) electrons. The molecule has 1 saturated carbocycles. The topological polar surface area (TPSA) is 84.2 Å². The number of amides is 2. The van der Waals surface area contributed by atoms with E-state index < -0.39 is 6.04 Å². The molecule has 0 heterocycles. The Kier molecular flexibility index (Phi) is 8.79. The van der Waals surface area contributed by atoms with Crippen molar-refractivity contribution >= 4 is 24.2 Å². The fourth-order valence-electron chi connectivity index (χ4n) is 2.62. The number of nitrogens with two attached hydrogens (primary N) is 1. The third-order valence-corrected chi connectivity index (χ3v) is 4.18. The molecule has 2 unspecified atom stereocenters. The normalized spacial score (nSPS) is 15.8. The summed E-state index contributed by atoms with van der Waals surface area (Å²) in [7, 11) is 0. The molecule has 5 nitrogen and oxygen atoms in total. The predicted molar refractivity (Wildman–Crippen MR) is 97.9 cm³/mol. The van der Waals surface area contributed by atoms with E-state index in [4.69, 9.17) is 5.73 Å². The Balaban J connectivity index is 0.00000288. The van der Waals surface area contributed by atoms with Crippen molar-refractivity contribution in [2.45, 2.75) is 51.1 Å². The Bertz CT molecular complexity index is 520. The summed E-state index contributed by atoms with van der Waals surface area (Å²) in [6, 6.07) is 9.07. The Morgan fingerprint density at radius 1 is 1.25 bits per heavy atom. The van der Waals surface area contributed by atoms with Gasteiger partial charge in [0.15, 0.2) is 0 Å². The molecule has 4 N–H and O–H groups in total. The fraction of sp³-hybridized carbons (Fsp3) is 0.556. The number of benzene rings is 1. The molecule has 1 aromatic rings. The first-order valence-corrected chi connectivity index (χ1v) is 8.46. The van der Waals surface area contributed by atoms with Crippen LogP contribution in [-0.2, 0) is 16.0 Å². The van der Waals surface area contributed by atoms with Crippen LogP contribution in [0.5, 0.6) is 0 Å². The second kappa shape index (κ2) is 10.3. The standard InChI is InChI=1S/C18H27N3O2.ClH/c1-2-6-16(18(23)20-12-15(19)14-9-10-14)21-17(22)11-13-7-4-3-5-8-13;/h3-5,7-8,14-16H,2,6,9-12,19H2,1H3,(H,20,23)(H,21,22);1H. The third kappa shape index (κ3) is 6.89. The van der Waals surface area contributed by atoms with Gasteiger partial charge in [0.05, 0.1) is 6.42 Å². The second-order valence-electron chi connectivity index (χ2n) is 6.32. The van der Waals surface area contributed by atoms with Crippen molar-refractivity contribution in [3.05, 3.63) is 35.9 Å². The number of rotatable bonds is 9. The summed E-state index contributed by atoms with van der Waals surface area (Å²) < 4.78 is 0. The van der Waals surface area contributed by atoms with Crippen LogP contribution in [0.25, 0.3) is 0 Å². The van der Waals surface area contributed by atoms with E-state index in [-0.39, 0.29) is 36.7 Å². The van der Waals surface area contributed by atoms with E-state index in [0.717, 1.165) is 24.8 Å². The maximum Gasteiger partial charge on any atom is 0.242 e. The highest BCUT2D eigenvalue weighted by atomic mass is 35.5. The molecule has 0 aliphatic heterocycles. The van der Waals surface area contributed by atoms with Gasteiger partial charge >= 0.3 is 0 Å². The lowest BCUT2D eigenvalue weighted by molar-refractivity contribution is -0.128. The van der Waals surface area contributed by atoms with Crippen molar-refractivity contribution in [3.63, 3.8) is 0 Å². The van der Waals surface area contributed by atoms with Crippen LogP contribution in [-0.4, -0.2) is 30.4 Å². The molecule has 1 aliphatic carbocycles. The first-order valence-electron chi connectivity index (χ1n) is 8.46. The zero-order chi connectivity index (χ0) is 16.7. The number of hydrogen-bond donors (Lipinski definition) is 3. The van der Waals surface area contributed by atoms with E-state index in [1.165, 1.54) is 0 Å². The van der Waals surface area contributed by atoms with Gasteiger partial charge in [-0.2, -0.15) is 0 Å². The van der Waals surface area contributed by atoms with Crippen LogP contribution in [0.3, 0.4) is 0 Å². The summed E-state index contributed by atoms with van der Waals surface area (Å²) >= 11 is 0. The molecule has 2 rings (SSSR count). The average molecular weight is 354 g/mol. The van der Waals surface area contributed by atoms with Gasteiger partial charge in [0.1, 0.15) is 6.04 Å². The maximum atomic E-state index is 12.3. The van der Waals surface area contributed by atoms with Gasteiger partial charge in [0.2, 0.25) is 11.8 Å². The van der Waals surface area contributed by atoms with Gasteiger partial charge < -0.3 is 16.4 Å². The van der Waals surface area contributed by atoms with Crippen LogP contribution in [0.4, 0.5) is 0 Å². The molecule has 0 bridgehead atoms. The largest absolute Gasteiger partial charge is 0.353 e. The molecule has 1 aliphatic rings. The summed E-state index contributed by atoms with van der Waals surface area (Å²) in [5.74, 6) is 0.285. The van der Waals surface area contributed by atoms with Crippen LogP contribution < -0.4 is 16.4 Å². The Morgan fingerprint density at radius 2 is 1.92 bits per heavy atom. The Morgan fingerprint density at radius 3 is 2.50 bits per heavy atom. The van der Waals surface area contributed by atoms with E-state index in [2.05, 4.69) is 10.6 Å². The predicted octanol–water partition coefficient (Wildman–Crippen LogP) is 1.79. The van der Waals surface area contributed by atoms with Gasteiger partial charge in [-0.1, -0.05) is 43.7 Å². The first kappa shape index (κ1) is 20.5. The highest BCUT2D eigenvalue weighted by Gasteiger charge is 2.29. The molecule has 6 heteroatoms. The number of halogens is 1. The minimum atomic E-state index is -0.484. The monoisotopic (exact) mass is 353 g/mol. The number of carbonyl (C=O) groups is 2. The lowest BCUT2D eigenvalue weighted by atomic mass is 10.1. The van der Waals surface area contributed by atoms with E-state index in [1.807, 2.05) is 37.3 Å². The fourth-order valence-corrected chi connectivity index (χ4v) is 2.62. The zero-order valence-electron chi connectivity index (χ0n) is 14.2. The zero-order valence-corrected chi connectivity index (χ0v) is 15.0. The minimum Gasteiger partial charge on any atom is -0.353 e. The number of hydrogen-bond acceptors (Lipinski definition) is 3. The molecule has 1 fully saturated rings. The van der Waals surface area contributed by atoms with E-state index in [0.29, 0.717) is 18.9 Å². The van der Waals surface area contributed by atoms with Crippen LogP contribution >= 0.6 is 12.4 Å². The van der Waals surface area contributed by atoms with Gasteiger partial charge in [-0.05, 0) is 30.7 Å². The molecular formula is C18H28ClN3O2. The van der Waals surface area contributed by atoms with Crippen molar-refractivity contribution in [1.82, 2.24) is 10.6 Å². The van der Waals surface area contributed by atoms with E-state index in [1.54, 1.807) is 0 Å². The molecule has 2 amide bonds. The molecule has 24 heavy (non-hydrogen) atoms. The van der Waals surface area contributed by atoms with Crippen molar-refractivity contribution < 1.29 is 9.59 Å². The molecule has 134 valence electrons. The lowest BCUT2D eigenvalue weighted by Crippen LogP contribution is -2.49. The van der Waals surface area contributed by atoms with Crippen molar-refractivity contribution in [1.29, 1.82) is 0 Å². The summed E-state index contributed by atoms with van der Waals surface area (Å²) in [5, 5.41) is 5.72. The molecule has 2 atom stereocenters. The van der Waals surface area contributed by atoms with Gasteiger partial charge in [0, 0.05) is 12.6 Å². The van der Waals surface area contributed by atoms with Gasteiger partial charge in [-0.25, -0.2) is 0 Å². The van der Waals surface area contributed by atoms with Gasteiger partial charge in [-0.3, -0.25) is 9.59 Å². The van der Waals surface area contributed by atoms with Crippen molar-refractivity contribution in [2.75, 3.05) is 6.54 Å². The quantitative estimate of drug-likeness (QED) is 0.632. The summed E-state index contributed by atoms with van der Waals surface area (Å²) in [6.45, 7) is 2.48. The van der Waals surface area contributed by atoms with Crippen LogP contribution in [0.2, 0.25) is 0 Å². The molecule has 0 spiro atoms. The highest BCUT2D eigenvalue weighted by Crippen LogP contribution is 2.31. The first-order chi connectivity index (χ1) is 11.1.